The van der Waals surface area contributed by atoms with Gasteiger partial charge in [0, 0.05) is 31.8 Å². The maximum absolute atomic E-state index is 13.3. The molecule has 198 valence electrons. The molecule has 0 radical (unpaired) electrons. The zero-order valence-electron chi connectivity index (χ0n) is 22.3. The summed E-state index contributed by atoms with van der Waals surface area (Å²) in [5.41, 5.74) is 1.09. The predicted molar refractivity (Wildman–Crippen MR) is 143 cm³/mol. The molecule has 1 aliphatic carbocycles. The van der Waals surface area contributed by atoms with Crippen LogP contribution in [0.3, 0.4) is 0 Å². The Morgan fingerprint density at radius 2 is 2.03 bits per heavy atom. The van der Waals surface area contributed by atoms with Gasteiger partial charge in [-0.2, -0.15) is 0 Å². The Kier molecular flexibility index (Phi) is 8.70. The number of aromatic nitrogens is 2. The van der Waals surface area contributed by atoms with Crippen molar-refractivity contribution in [3.05, 3.63) is 30.1 Å². The summed E-state index contributed by atoms with van der Waals surface area (Å²) in [5, 5.41) is 12.6. The Labute approximate surface area is 215 Å². The van der Waals surface area contributed by atoms with Gasteiger partial charge in [0.25, 0.3) is 5.91 Å². The summed E-state index contributed by atoms with van der Waals surface area (Å²) >= 11 is 0. The number of likely N-dealkylation sites (tertiary alicyclic amines) is 1. The molecule has 2 N–H and O–H groups in total. The molecular weight excluding hydrogens is 452 g/mol. The highest BCUT2D eigenvalue weighted by Crippen LogP contribution is 2.48. The zero-order chi connectivity index (χ0) is 25.7. The number of hydrogen-bond donors (Lipinski definition) is 2. The summed E-state index contributed by atoms with van der Waals surface area (Å²) in [5.74, 6) is 1.95. The summed E-state index contributed by atoms with van der Waals surface area (Å²) in [7, 11) is 0. The molecule has 2 amide bonds. The minimum atomic E-state index is -0.0998. The van der Waals surface area contributed by atoms with Crippen LogP contribution in [0.1, 0.15) is 102 Å². The number of amides is 2. The van der Waals surface area contributed by atoms with E-state index in [4.69, 9.17) is 0 Å². The number of carbonyl (C=O) groups is 2. The van der Waals surface area contributed by atoms with Gasteiger partial charge in [-0.25, -0.2) is 4.98 Å². The van der Waals surface area contributed by atoms with Crippen LogP contribution >= 0.6 is 0 Å². The second kappa shape index (κ2) is 11.8. The summed E-state index contributed by atoms with van der Waals surface area (Å²) in [6, 6.07) is 5.66. The standard InChI is InChI=1S/C29H44N4O3/c1-4-9-22-16-21(3)17-29(5-2,18-22)19-27(35)31-26-12-8-11-25-30-24(20-33(25)26)28(36)32-14-7-6-10-23(32)13-15-34/h8,11-12,20-23,34H,4-7,9-10,13-19H2,1-3H3,(H,31,35). The van der Waals surface area contributed by atoms with E-state index < -0.39 is 0 Å². The highest BCUT2D eigenvalue weighted by atomic mass is 16.3. The van der Waals surface area contributed by atoms with E-state index in [9.17, 15) is 14.7 Å². The van der Waals surface area contributed by atoms with Gasteiger partial charge in [-0.15, -0.1) is 0 Å². The number of pyridine rings is 1. The fourth-order valence-electron chi connectivity index (χ4n) is 6.96. The van der Waals surface area contributed by atoms with Crippen molar-refractivity contribution in [2.45, 2.75) is 97.4 Å². The Hall–Kier alpha value is -2.41. The van der Waals surface area contributed by atoms with Crippen molar-refractivity contribution >= 4 is 23.3 Å². The molecule has 7 heteroatoms. The van der Waals surface area contributed by atoms with Gasteiger partial charge in [-0.05, 0) is 80.8 Å². The fourth-order valence-corrected chi connectivity index (χ4v) is 6.96. The lowest BCUT2D eigenvalue weighted by molar-refractivity contribution is -0.119. The molecule has 1 saturated carbocycles. The molecule has 0 bridgehead atoms. The maximum atomic E-state index is 13.3. The number of fused-ring (bicyclic) bond motifs is 1. The summed E-state index contributed by atoms with van der Waals surface area (Å²) in [6.45, 7) is 7.59. The largest absolute Gasteiger partial charge is 0.396 e. The highest BCUT2D eigenvalue weighted by Gasteiger charge is 2.39. The number of nitrogens with one attached hydrogen (secondary N) is 1. The van der Waals surface area contributed by atoms with E-state index in [2.05, 4.69) is 31.1 Å². The average molecular weight is 497 g/mol. The average Bonchev–Trinajstić information content (AvgIpc) is 3.29. The summed E-state index contributed by atoms with van der Waals surface area (Å²) in [4.78, 5) is 33.1. The lowest BCUT2D eigenvalue weighted by atomic mass is 9.62. The van der Waals surface area contributed by atoms with Crippen molar-refractivity contribution in [3.63, 3.8) is 0 Å². The molecule has 2 aliphatic rings. The Bertz CT molecular complexity index is 1050. The molecule has 4 atom stereocenters. The van der Waals surface area contributed by atoms with Gasteiger partial charge in [-0.3, -0.25) is 14.0 Å². The number of rotatable bonds is 9. The van der Waals surface area contributed by atoms with Gasteiger partial charge in [0.05, 0.1) is 0 Å². The van der Waals surface area contributed by atoms with Crippen molar-refractivity contribution < 1.29 is 14.7 Å². The molecule has 36 heavy (non-hydrogen) atoms. The summed E-state index contributed by atoms with van der Waals surface area (Å²) in [6.07, 6.45) is 12.8. The van der Waals surface area contributed by atoms with Crippen LogP contribution in [0.5, 0.6) is 0 Å². The van der Waals surface area contributed by atoms with Gasteiger partial charge in [0.2, 0.25) is 5.91 Å². The van der Waals surface area contributed by atoms with Gasteiger partial charge in [-0.1, -0.05) is 39.7 Å². The normalized spacial score (nSPS) is 26.8. The van der Waals surface area contributed by atoms with Crippen molar-refractivity contribution in [2.24, 2.45) is 17.3 Å². The van der Waals surface area contributed by atoms with Crippen LogP contribution in [-0.4, -0.2) is 50.4 Å². The summed E-state index contributed by atoms with van der Waals surface area (Å²) < 4.78 is 1.82. The Morgan fingerprint density at radius 1 is 1.19 bits per heavy atom. The minimum Gasteiger partial charge on any atom is -0.396 e. The topological polar surface area (TPSA) is 86.9 Å². The SMILES string of the molecule is CCCC1CC(C)CC(CC)(CC(=O)Nc2cccc3nc(C(=O)N4CCCCC4CCO)cn23)C1. The molecule has 1 saturated heterocycles. The third-order valence-corrected chi connectivity index (χ3v) is 8.55. The van der Waals surface area contributed by atoms with Crippen LogP contribution in [0, 0.1) is 17.3 Å². The molecule has 3 heterocycles. The lowest BCUT2D eigenvalue weighted by Gasteiger charge is -2.43. The number of piperidine rings is 1. The predicted octanol–water partition coefficient (Wildman–Crippen LogP) is 5.67. The molecule has 7 nitrogen and oxygen atoms in total. The monoisotopic (exact) mass is 496 g/mol. The Balaban J connectivity index is 1.50. The number of nitrogens with zero attached hydrogens (tertiary/aromatic N) is 3. The first-order valence-corrected chi connectivity index (χ1v) is 14.1. The van der Waals surface area contributed by atoms with Crippen LogP contribution in [0.25, 0.3) is 5.65 Å². The van der Waals surface area contributed by atoms with E-state index in [1.165, 1.54) is 19.3 Å². The number of imidazole rings is 1. The van der Waals surface area contributed by atoms with E-state index in [0.717, 1.165) is 38.5 Å². The van der Waals surface area contributed by atoms with Gasteiger partial charge in [0.1, 0.15) is 17.2 Å². The first-order chi connectivity index (χ1) is 17.4. The molecule has 2 aromatic rings. The molecule has 0 spiro atoms. The van der Waals surface area contributed by atoms with Crippen molar-refractivity contribution in [1.29, 1.82) is 0 Å². The van der Waals surface area contributed by atoms with E-state index in [-0.39, 0.29) is 29.9 Å². The molecular formula is C29H44N4O3. The number of hydrogen-bond acceptors (Lipinski definition) is 4. The quantitative estimate of drug-likeness (QED) is 0.468. The molecule has 0 aromatic carbocycles. The van der Waals surface area contributed by atoms with Crippen LogP contribution in [-0.2, 0) is 4.79 Å². The van der Waals surface area contributed by atoms with Crippen LogP contribution in [0.2, 0.25) is 0 Å². The second-order valence-electron chi connectivity index (χ2n) is 11.4. The van der Waals surface area contributed by atoms with Crippen LogP contribution < -0.4 is 5.32 Å². The van der Waals surface area contributed by atoms with Crippen LogP contribution in [0.15, 0.2) is 24.4 Å². The van der Waals surface area contributed by atoms with Crippen molar-refractivity contribution in [1.82, 2.24) is 14.3 Å². The minimum absolute atomic E-state index is 0.0364. The maximum Gasteiger partial charge on any atom is 0.274 e. The highest BCUT2D eigenvalue weighted by molar-refractivity contribution is 5.94. The molecule has 4 unspecified atom stereocenters. The van der Waals surface area contributed by atoms with Gasteiger partial charge < -0.3 is 15.3 Å². The third kappa shape index (κ3) is 5.93. The smallest absolute Gasteiger partial charge is 0.274 e. The molecule has 2 aromatic heterocycles. The van der Waals surface area contributed by atoms with Gasteiger partial charge >= 0.3 is 0 Å². The fraction of sp³-hybridized carbons (Fsp3) is 0.690. The van der Waals surface area contributed by atoms with Crippen LogP contribution in [0.4, 0.5) is 5.82 Å². The zero-order valence-corrected chi connectivity index (χ0v) is 22.3. The van der Waals surface area contributed by atoms with Gasteiger partial charge in [0.15, 0.2) is 0 Å². The molecule has 2 fully saturated rings. The van der Waals surface area contributed by atoms with E-state index >= 15 is 0 Å². The first kappa shape index (κ1) is 26.6. The number of aliphatic hydroxyl groups excluding tert-OH is 1. The van der Waals surface area contributed by atoms with Crippen molar-refractivity contribution in [2.75, 3.05) is 18.5 Å². The molecule has 1 aliphatic heterocycles. The lowest BCUT2D eigenvalue weighted by Crippen LogP contribution is -2.44. The third-order valence-electron chi connectivity index (χ3n) is 8.55. The van der Waals surface area contributed by atoms with E-state index in [0.29, 0.717) is 48.4 Å². The number of aliphatic hydroxyl groups is 1. The number of anilines is 1. The Morgan fingerprint density at radius 3 is 2.78 bits per heavy atom. The van der Waals surface area contributed by atoms with E-state index in [1.54, 1.807) is 6.20 Å². The molecule has 4 rings (SSSR count). The second-order valence-corrected chi connectivity index (χ2v) is 11.4. The van der Waals surface area contributed by atoms with E-state index in [1.807, 2.05) is 27.5 Å². The van der Waals surface area contributed by atoms with Crippen molar-refractivity contribution in [3.8, 4) is 0 Å². The first-order valence-electron chi connectivity index (χ1n) is 14.1. The number of carbonyl (C=O) groups excluding carboxylic acids is 2.